The van der Waals surface area contributed by atoms with Gasteiger partial charge in [0, 0.05) is 42.6 Å². The van der Waals surface area contributed by atoms with Crippen molar-refractivity contribution >= 4 is 35.5 Å². The van der Waals surface area contributed by atoms with Gasteiger partial charge in [-0.25, -0.2) is 14.0 Å². The molecule has 2 aromatic rings. The molecule has 4 rings (SSSR count). The number of quaternary nitrogens is 1. The zero-order valence-electron chi connectivity index (χ0n) is 20.1. The van der Waals surface area contributed by atoms with Crippen molar-refractivity contribution in [2.75, 3.05) is 26.2 Å². The molecule has 40 heavy (non-hydrogen) atoms. The maximum Gasteiger partial charge on any atom is 0.497 e. The first kappa shape index (κ1) is 28.7. The average molecular weight is 575 g/mol. The fraction of sp³-hybridized carbons (Fsp3) is 0.292. The second-order valence-corrected chi connectivity index (χ2v) is 8.76. The van der Waals surface area contributed by atoms with Crippen LogP contribution in [0.2, 0.25) is 0 Å². The van der Waals surface area contributed by atoms with Crippen molar-refractivity contribution in [2.45, 2.75) is 18.9 Å². The molecule has 16 heteroatoms. The van der Waals surface area contributed by atoms with Crippen LogP contribution in [0.3, 0.4) is 0 Å². The lowest BCUT2D eigenvalue weighted by Gasteiger charge is -2.35. The molecule has 2 amide bonds. The molecule has 0 N–H and O–H groups in total. The topological polar surface area (TPSA) is 96.4 Å². The molecule has 9 nitrogen and oxygen atoms in total. The summed E-state index contributed by atoms with van der Waals surface area (Å²) in [6.07, 6.45) is -9.86. The fourth-order valence-electron chi connectivity index (χ4n) is 4.23. The standard InChI is InChI=1S/C24H18F7N4O5/c25-17-6-5-14(11-16(17)20(37)33-7-9-34(10-8-33)21(38)23(26,27)28)13-35(40-22(39)24(29,30)31)18-4-2-1-3-15(18)19(36)12-32-35/h1-6,11-12H,7-10,13H2/q+1. The lowest BCUT2D eigenvalue weighted by atomic mass is 10.0. The van der Waals surface area contributed by atoms with Crippen LogP contribution in [0.15, 0.2) is 47.6 Å². The number of carbonyl (C=O) groups is 4. The van der Waals surface area contributed by atoms with Crippen LogP contribution in [0, 0.1) is 5.82 Å². The van der Waals surface area contributed by atoms with Crippen molar-refractivity contribution in [3.05, 3.63) is 65.0 Å². The number of hydrogen-bond donors (Lipinski definition) is 0. The first-order valence-electron chi connectivity index (χ1n) is 11.4. The summed E-state index contributed by atoms with van der Waals surface area (Å²) in [4.78, 5) is 54.8. The number of carbonyl (C=O) groups excluding carboxylic acids is 4. The number of hydrogen-bond acceptors (Lipinski definition) is 6. The van der Waals surface area contributed by atoms with Crippen LogP contribution in [0.1, 0.15) is 26.3 Å². The first-order valence-corrected chi connectivity index (χ1v) is 11.4. The molecular weight excluding hydrogens is 557 g/mol. The maximum atomic E-state index is 14.7. The third-order valence-electron chi connectivity index (χ3n) is 6.13. The summed E-state index contributed by atoms with van der Waals surface area (Å²) in [6.45, 7) is -2.30. The normalized spacial score (nSPS) is 19.3. The molecule has 0 aliphatic carbocycles. The third-order valence-corrected chi connectivity index (χ3v) is 6.13. The number of halogens is 7. The van der Waals surface area contributed by atoms with E-state index < -0.39 is 71.7 Å². The molecule has 2 aliphatic rings. The Labute approximate surface area is 220 Å². The van der Waals surface area contributed by atoms with Gasteiger partial charge in [-0.1, -0.05) is 18.2 Å². The van der Waals surface area contributed by atoms with Crippen molar-refractivity contribution < 1.29 is 54.7 Å². The Kier molecular flexibility index (Phi) is 7.40. The molecular formula is C24H18F7N4O5+. The van der Waals surface area contributed by atoms with Crippen molar-refractivity contribution in [3.63, 3.8) is 0 Å². The number of para-hydroxylation sites is 1. The summed E-state index contributed by atoms with van der Waals surface area (Å²) >= 11 is 0. The number of rotatable bonds is 4. The number of nitrogens with zero attached hydrogens (tertiary/aromatic N) is 4. The summed E-state index contributed by atoms with van der Waals surface area (Å²) in [5, 5.41) is 3.76. The summed E-state index contributed by atoms with van der Waals surface area (Å²) in [6, 6.07) is 8.18. The van der Waals surface area contributed by atoms with E-state index >= 15 is 0 Å². The minimum absolute atomic E-state index is 0.0353. The summed E-state index contributed by atoms with van der Waals surface area (Å²) in [7, 11) is 0. The largest absolute Gasteiger partial charge is 0.497 e. The SMILES string of the molecule is O=C1C=N[N+](Cc2ccc(F)c(C(=O)N3CCN(C(=O)C(F)(F)F)CC3)c2)(OC(=O)C(F)(F)F)c2ccccc21. The van der Waals surface area contributed by atoms with Gasteiger partial charge in [-0.15, -0.1) is 0 Å². The van der Waals surface area contributed by atoms with Crippen molar-refractivity contribution in [1.82, 2.24) is 14.6 Å². The van der Waals surface area contributed by atoms with E-state index in [4.69, 9.17) is 4.84 Å². The number of alkyl halides is 6. The summed E-state index contributed by atoms with van der Waals surface area (Å²) in [5.74, 6) is -7.37. The third kappa shape index (κ3) is 5.66. The highest BCUT2D eigenvalue weighted by molar-refractivity contribution is 6.37. The number of Topliss-reactive ketones (excluding diaryl/α,β-unsaturated/α-hetero) is 1. The Hall–Kier alpha value is -4.34. The number of ketones is 1. The molecule has 2 aromatic carbocycles. The smallest absolute Gasteiger partial charge is 0.335 e. The van der Waals surface area contributed by atoms with E-state index in [0.717, 1.165) is 23.1 Å². The van der Waals surface area contributed by atoms with E-state index in [-0.39, 0.29) is 29.9 Å². The number of piperazine rings is 1. The van der Waals surface area contributed by atoms with Gasteiger partial charge in [0.25, 0.3) is 5.91 Å². The Morgan fingerprint density at radius 2 is 1.52 bits per heavy atom. The summed E-state index contributed by atoms with van der Waals surface area (Å²) in [5.41, 5.74) is -0.946. The molecule has 0 spiro atoms. The number of hydroxylamine groups is 1. The fourth-order valence-corrected chi connectivity index (χ4v) is 4.23. The highest BCUT2D eigenvalue weighted by Crippen LogP contribution is 2.36. The highest BCUT2D eigenvalue weighted by atomic mass is 19.4. The minimum Gasteiger partial charge on any atom is -0.335 e. The van der Waals surface area contributed by atoms with Crippen molar-refractivity contribution in [1.29, 1.82) is 0 Å². The van der Waals surface area contributed by atoms with Gasteiger partial charge >= 0.3 is 24.2 Å². The molecule has 1 saturated heterocycles. The first-order chi connectivity index (χ1) is 18.6. The van der Waals surface area contributed by atoms with Crippen LogP contribution in [-0.4, -0.2) is 78.1 Å². The van der Waals surface area contributed by atoms with Crippen LogP contribution in [0.5, 0.6) is 0 Å². The Morgan fingerprint density at radius 1 is 0.900 bits per heavy atom. The molecule has 0 saturated carbocycles. The van der Waals surface area contributed by atoms with Gasteiger partial charge in [-0.05, 0) is 23.3 Å². The number of amides is 2. The van der Waals surface area contributed by atoms with Gasteiger partial charge in [0.2, 0.25) is 11.5 Å². The van der Waals surface area contributed by atoms with Crippen molar-refractivity contribution in [2.24, 2.45) is 5.10 Å². The van der Waals surface area contributed by atoms with E-state index in [1.54, 1.807) is 0 Å². The van der Waals surface area contributed by atoms with Crippen molar-refractivity contribution in [3.8, 4) is 0 Å². The molecule has 2 aliphatic heterocycles. The van der Waals surface area contributed by atoms with Gasteiger partial charge in [-0.3, -0.25) is 14.4 Å². The van der Waals surface area contributed by atoms with Gasteiger partial charge in [0.15, 0.2) is 6.54 Å². The zero-order chi connectivity index (χ0) is 29.5. The van der Waals surface area contributed by atoms with Crippen LogP contribution >= 0.6 is 0 Å². The van der Waals surface area contributed by atoms with E-state index in [0.29, 0.717) is 11.1 Å². The minimum atomic E-state index is -5.43. The second-order valence-electron chi connectivity index (χ2n) is 8.76. The van der Waals surface area contributed by atoms with Gasteiger partial charge in [0.1, 0.15) is 12.0 Å². The quantitative estimate of drug-likeness (QED) is 0.412. The van der Waals surface area contributed by atoms with Crippen LogP contribution in [-0.2, 0) is 21.0 Å². The molecule has 1 atom stereocenters. The molecule has 1 fully saturated rings. The lowest BCUT2D eigenvalue weighted by Crippen LogP contribution is -2.53. The molecule has 0 bridgehead atoms. The summed E-state index contributed by atoms with van der Waals surface area (Å²) < 4.78 is 90.7. The number of benzene rings is 2. The zero-order valence-corrected chi connectivity index (χ0v) is 20.1. The average Bonchev–Trinajstić information content (AvgIpc) is 2.90. The van der Waals surface area contributed by atoms with E-state index in [9.17, 15) is 49.9 Å². The lowest BCUT2D eigenvalue weighted by molar-refractivity contribution is -0.237. The maximum absolute atomic E-state index is 14.7. The predicted molar refractivity (Wildman–Crippen MR) is 122 cm³/mol. The molecule has 212 valence electrons. The highest BCUT2D eigenvalue weighted by Gasteiger charge is 2.52. The van der Waals surface area contributed by atoms with E-state index in [1.807, 2.05) is 0 Å². The molecule has 1 unspecified atom stereocenters. The Morgan fingerprint density at radius 3 is 2.15 bits per heavy atom. The monoisotopic (exact) mass is 575 g/mol. The van der Waals surface area contributed by atoms with Crippen LogP contribution in [0.25, 0.3) is 0 Å². The Balaban J connectivity index is 1.63. The molecule has 0 aromatic heterocycles. The van der Waals surface area contributed by atoms with Gasteiger partial charge < -0.3 is 9.80 Å². The van der Waals surface area contributed by atoms with Gasteiger partial charge in [-0.2, -0.15) is 26.3 Å². The van der Waals surface area contributed by atoms with Crippen LogP contribution in [0.4, 0.5) is 36.4 Å². The van der Waals surface area contributed by atoms with Crippen LogP contribution < -0.4 is 4.76 Å². The number of fused-ring (bicyclic) bond motifs is 1. The predicted octanol–water partition coefficient (Wildman–Crippen LogP) is 3.38. The Bertz CT molecular complexity index is 1400. The molecule has 2 heterocycles. The van der Waals surface area contributed by atoms with E-state index in [2.05, 4.69) is 5.10 Å². The second kappa shape index (κ2) is 10.3. The molecule has 0 radical (unpaired) electrons. The van der Waals surface area contributed by atoms with Gasteiger partial charge in [0.05, 0.1) is 11.1 Å². The van der Waals surface area contributed by atoms with E-state index in [1.165, 1.54) is 24.3 Å².